The second kappa shape index (κ2) is 9.73. The number of hydrogen-bond donors (Lipinski definition) is 1. The molecule has 2 heterocycles. The molecule has 0 aliphatic carbocycles. The molecule has 4 rings (SSSR count). The fraction of sp³-hybridized carbons (Fsp3) is 0.0870. The van der Waals surface area contributed by atoms with E-state index in [2.05, 4.69) is 43.3 Å². The highest BCUT2D eigenvalue weighted by molar-refractivity contribution is 9.10. The Morgan fingerprint density at radius 1 is 1.03 bits per heavy atom. The summed E-state index contributed by atoms with van der Waals surface area (Å²) in [5, 5.41) is 3.70. The number of nitrogens with one attached hydrogen (secondary N) is 1. The zero-order valence-corrected chi connectivity index (χ0v) is 18.4. The number of halogens is 1. The lowest BCUT2D eigenvalue weighted by Gasteiger charge is -2.10. The van der Waals surface area contributed by atoms with Crippen LogP contribution >= 0.6 is 27.7 Å². The van der Waals surface area contributed by atoms with Crippen molar-refractivity contribution in [1.29, 1.82) is 0 Å². The Hall–Kier alpha value is -2.90. The van der Waals surface area contributed by atoms with E-state index in [0.29, 0.717) is 17.1 Å². The molecule has 0 bridgehead atoms. The van der Waals surface area contributed by atoms with E-state index in [-0.39, 0.29) is 5.91 Å². The molecular weight excluding hydrogens is 460 g/mol. The second-order valence-electron chi connectivity index (χ2n) is 6.65. The Bertz CT molecular complexity index is 1130. The van der Waals surface area contributed by atoms with E-state index in [4.69, 9.17) is 0 Å². The molecule has 0 radical (unpaired) electrons. The smallest absolute Gasteiger partial charge is 0.254 e. The fourth-order valence-electron chi connectivity index (χ4n) is 2.97. The second-order valence-corrected chi connectivity index (χ2v) is 8.63. The summed E-state index contributed by atoms with van der Waals surface area (Å²) in [6, 6.07) is 19.7. The minimum Gasteiger partial charge on any atom is -0.348 e. The first kappa shape index (κ1) is 20.4. The van der Waals surface area contributed by atoms with E-state index in [1.54, 1.807) is 30.9 Å². The summed E-state index contributed by atoms with van der Waals surface area (Å²) >= 11 is 4.92. The Morgan fingerprint density at radius 2 is 1.87 bits per heavy atom. The molecule has 2 aromatic heterocycles. The molecule has 0 aliphatic heterocycles. The lowest BCUT2D eigenvalue weighted by molar-refractivity contribution is 0.0947. The third-order valence-electron chi connectivity index (χ3n) is 4.41. The van der Waals surface area contributed by atoms with Gasteiger partial charge in [-0.1, -0.05) is 52.0 Å². The van der Waals surface area contributed by atoms with Gasteiger partial charge in [-0.2, -0.15) is 0 Å². The highest BCUT2D eigenvalue weighted by Gasteiger charge is 2.13. The number of pyridine rings is 1. The van der Waals surface area contributed by atoms with Crippen molar-refractivity contribution in [2.45, 2.75) is 23.0 Å². The largest absolute Gasteiger partial charge is 0.348 e. The van der Waals surface area contributed by atoms with Gasteiger partial charge in [-0.25, -0.2) is 9.97 Å². The van der Waals surface area contributed by atoms with Crippen molar-refractivity contribution in [2.24, 2.45) is 0 Å². The predicted molar refractivity (Wildman–Crippen MR) is 121 cm³/mol. The molecule has 0 saturated heterocycles. The SMILES string of the molecule is O=C(NCc1cccc(Cn2ccnc2)c1)c1cccnc1Sc1ccc(Br)cc1. The van der Waals surface area contributed by atoms with E-state index in [1.165, 1.54) is 11.8 Å². The summed E-state index contributed by atoms with van der Waals surface area (Å²) in [5.41, 5.74) is 2.78. The van der Waals surface area contributed by atoms with Crippen molar-refractivity contribution in [3.05, 3.63) is 107 Å². The number of benzene rings is 2. The number of carbonyl (C=O) groups is 1. The van der Waals surface area contributed by atoms with Crippen LogP contribution in [0.5, 0.6) is 0 Å². The first-order valence-electron chi connectivity index (χ1n) is 9.37. The van der Waals surface area contributed by atoms with Gasteiger partial charge < -0.3 is 9.88 Å². The van der Waals surface area contributed by atoms with Gasteiger partial charge in [0.1, 0.15) is 5.03 Å². The monoisotopic (exact) mass is 478 g/mol. The molecular formula is C23H19BrN4OS. The number of hydrogen-bond acceptors (Lipinski definition) is 4. The maximum Gasteiger partial charge on any atom is 0.254 e. The first-order chi connectivity index (χ1) is 14.7. The van der Waals surface area contributed by atoms with Gasteiger partial charge in [0.15, 0.2) is 0 Å². The zero-order chi connectivity index (χ0) is 20.8. The molecule has 0 atom stereocenters. The van der Waals surface area contributed by atoms with Crippen LogP contribution in [-0.2, 0) is 13.1 Å². The molecule has 30 heavy (non-hydrogen) atoms. The molecule has 7 heteroatoms. The highest BCUT2D eigenvalue weighted by atomic mass is 79.9. The molecule has 1 amide bonds. The van der Waals surface area contributed by atoms with Crippen LogP contribution in [0.3, 0.4) is 0 Å². The maximum absolute atomic E-state index is 12.8. The van der Waals surface area contributed by atoms with Gasteiger partial charge in [0.25, 0.3) is 5.91 Å². The van der Waals surface area contributed by atoms with Crippen LogP contribution in [0.1, 0.15) is 21.5 Å². The van der Waals surface area contributed by atoms with Crippen LogP contribution in [0.2, 0.25) is 0 Å². The highest BCUT2D eigenvalue weighted by Crippen LogP contribution is 2.29. The molecule has 1 N–H and O–H groups in total. The molecule has 5 nitrogen and oxygen atoms in total. The predicted octanol–water partition coefficient (Wildman–Crippen LogP) is 5.17. The summed E-state index contributed by atoms with van der Waals surface area (Å²) in [6.07, 6.45) is 7.20. The van der Waals surface area contributed by atoms with Gasteiger partial charge in [-0.05, 0) is 47.5 Å². The number of rotatable bonds is 7. The summed E-state index contributed by atoms with van der Waals surface area (Å²) in [5.74, 6) is -0.136. The van der Waals surface area contributed by atoms with Gasteiger partial charge in [0.2, 0.25) is 0 Å². The van der Waals surface area contributed by atoms with Crippen molar-refractivity contribution in [1.82, 2.24) is 19.9 Å². The van der Waals surface area contributed by atoms with Crippen LogP contribution < -0.4 is 5.32 Å². The molecule has 0 fully saturated rings. The van der Waals surface area contributed by atoms with Crippen molar-refractivity contribution >= 4 is 33.6 Å². The molecule has 4 aromatic rings. The Labute approximate surface area is 187 Å². The van der Waals surface area contributed by atoms with Gasteiger partial charge in [-0.15, -0.1) is 0 Å². The van der Waals surface area contributed by atoms with Crippen LogP contribution in [0, 0.1) is 0 Å². The van der Waals surface area contributed by atoms with Crippen LogP contribution in [0.25, 0.3) is 0 Å². The van der Waals surface area contributed by atoms with Gasteiger partial charge in [0.05, 0.1) is 11.9 Å². The topological polar surface area (TPSA) is 59.8 Å². The molecule has 0 unspecified atom stereocenters. The standard InChI is InChI=1S/C23H19BrN4OS/c24-19-6-8-20(9-7-19)30-23-21(5-2-10-26-23)22(29)27-14-17-3-1-4-18(13-17)15-28-12-11-25-16-28/h1-13,16H,14-15H2,(H,27,29). The Balaban J connectivity index is 1.43. The normalized spacial score (nSPS) is 10.7. The molecule has 0 saturated carbocycles. The van der Waals surface area contributed by atoms with Gasteiger partial charge in [0, 0.05) is 41.0 Å². The van der Waals surface area contributed by atoms with Crippen molar-refractivity contribution < 1.29 is 4.79 Å². The van der Waals surface area contributed by atoms with Crippen LogP contribution in [0.4, 0.5) is 0 Å². The molecule has 150 valence electrons. The molecule has 2 aromatic carbocycles. The third-order valence-corrected chi connectivity index (χ3v) is 5.97. The van der Waals surface area contributed by atoms with Crippen molar-refractivity contribution in [2.75, 3.05) is 0 Å². The fourth-order valence-corrected chi connectivity index (χ4v) is 4.11. The Kier molecular flexibility index (Phi) is 6.61. The summed E-state index contributed by atoms with van der Waals surface area (Å²) < 4.78 is 3.03. The Morgan fingerprint density at radius 3 is 2.67 bits per heavy atom. The van der Waals surface area contributed by atoms with Gasteiger partial charge in [-0.3, -0.25) is 4.79 Å². The number of imidazole rings is 1. The van der Waals surface area contributed by atoms with E-state index < -0.39 is 0 Å². The zero-order valence-electron chi connectivity index (χ0n) is 16.0. The summed E-state index contributed by atoms with van der Waals surface area (Å²) in [4.78, 5) is 22.3. The van der Waals surface area contributed by atoms with Crippen molar-refractivity contribution in [3.63, 3.8) is 0 Å². The quantitative estimate of drug-likeness (QED) is 0.397. The summed E-state index contributed by atoms with van der Waals surface area (Å²) in [6.45, 7) is 1.20. The number of nitrogens with zero attached hydrogens (tertiary/aromatic N) is 3. The summed E-state index contributed by atoms with van der Waals surface area (Å²) in [7, 11) is 0. The van der Waals surface area contributed by atoms with E-state index >= 15 is 0 Å². The van der Waals surface area contributed by atoms with Crippen LogP contribution in [0.15, 0.2) is 100.0 Å². The average Bonchev–Trinajstić information content (AvgIpc) is 3.27. The first-order valence-corrected chi connectivity index (χ1v) is 11.0. The van der Waals surface area contributed by atoms with E-state index in [0.717, 1.165) is 27.0 Å². The van der Waals surface area contributed by atoms with E-state index in [1.807, 2.05) is 47.2 Å². The number of amides is 1. The average molecular weight is 479 g/mol. The maximum atomic E-state index is 12.8. The molecule has 0 aliphatic rings. The lowest BCUT2D eigenvalue weighted by atomic mass is 10.1. The minimum atomic E-state index is -0.136. The van der Waals surface area contributed by atoms with E-state index in [9.17, 15) is 4.79 Å². The molecule has 0 spiro atoms. The lowest BCUT2D eigenvalue weighted by Crippen LogP contribution is -2.23. The van der Waals surface area contributed by atoms with Crippen LogP contribution in [-0.4, -0.2) is 20.4 Å². The van der Waals surface area contributed by atoms with Gasteiger partial charge >= 0.3 is 0 Å². The minimum absolute atomic E-state index is 0.136. The third kappa shape index (κ3) is 5.37. The number of aromatic nitrogens is 3. The van der Waals surface area contributed by atoms with Crippen molar-refractivity contribution in [3.8, 4) is 0 Å². The number of carbonyl (C=O) groups excluding carboxylic acids is 1.